The zero-order chi connectivity index (χ0) is 19.7. The molecule has 1 heterocycles. The maximum Gasteiger partial charge on any atom is 0.339 e. The van der Waals surface area contributed by atoms with Crippen LogP contribution in [0.1, 0.15) is 43.4 Å². The van der Waals surface area contributed by atoms with Crippen LogP contribution in [0, 0.1) is 6.92 Å². The van der Waals surface area contributed by atoms with Crippen LogP contribution >= 0.6 is 0 Å². The van der Waals surface area contributed by atoms with Gasteiger partial charge < -0.3 is 24.4 Å². The molecule has 1 N–H and O–H groups in total. The van der Waals surface area contributed by atoms with Crippen molar-refractivity contribution in [3.63, 3.8) is 0 Å². The summed E-state index contributed by atoms with van der Waals surface area (Å²) in [5.74, 6) is -1.53. The summed E-state index contributed by atoms with van der Waals surface area (Å²) < 4.78 is 11.2. The Bertz CT molecular complexity index is 961. The highest BCUT2D eigenvalue weighted by molar-refractivity contribution is 5.87. The van der Waals surface area contributed by atoms with E-state index in [1.165, 1.54) is 13.8 Å². The Balaban J connectivity index is 1.90. The predicted octanol–water partition coefficient (Wildman–Crippen LogP) is 1.00. The van der Waals surface area contributed by atoms with Gasteiger partial charge in [-0.25, -0.2) is 4.79 Å². The van der Waals surface area contributed by atoms with Gasteiger partial charge >= 0.3 is 5.63 Å². The summed E-state index contributed by atoms with van der Waals surface area (Å²) in [7, 11) is 0. The van der Waals surface area contributed by atoms with E-state index in [4.69, 9.17) is 9.15 Å². The van der Waals surface area contributed by atoms with E-state index in [2.05, 4.69) is 5.32 Å². The highest BCUT2D eigenvalue weighted by Gasteiger charge is 2.22. The van der Waals surface area contributed by atoms with Crippen LogP contribution in [0.2, 0.25) is 0 Å². The molecule has 1 aliphatic rings. The molecule has 27 heavy (non-hydrogen) atoms. The number of benzene rings is 1. The number of aryl methyl sites for hydroxylation is 2. The summed E-state index contributed by atoms with van der Waals surface area (Å²) in [6, 6.07) is 2.48. The van der Waals surface area contributed by atoms with E-state index >= 15 is 0 Å². The van der Waals surface area contributed by atoms with Crippen molar-refractivity contribution in [1.82, 2.24) is 5.32 Å². The van der Waals surface area contributed by atoms with Gasteiger partial charge in [0, 0.05) is 16.5 Å². The Morgan fingerprint density at radius 3 is 2.52 bits per heavy atom. The number of carbonyl (C=O) groups excluding carboxylic acids is 2. The number of ether oxygens (including phenoxy) is 1. The van der Waals surface area contributed by atoms with Crippen molar-refractivity contribution in [2.24, 2.45) is 0 Å². The first-order chi connectivity index (χ1) is 12.8. The molecule has 144 valence electrons. The second kappa shape index (κ2) is 7.42. The fourth-order valence-electron chi connectivity index (χ4n) is 3.39. The minimum atomic E-state index is -1.37. The van der Waals surface area contributed by atoms with Crippen LogP contribution in [0.15, 0.2) is 21.3 Å². The molecule has 0 bridgehead atoms. The lowest BCUT2D eigenvalue weighted by Gasteiger charge is -2.21. The number of nitrogens with one attached hydrogen (secondary N) is 1. The Labute approximate surface area is 156 Å². The number of hydrogen-bond acceptors (Lipinski definition) is 6. The molecule has 0 saturated carbocycles. The minimum absolute atomic E-state index is 0.314. The van der Waals surface area contributed by atoms with Crippen molar-refractivity contribution in [3.05, 3.63) is 39.2 Å². The minimum Gasteiger partial charge on any atom is -0.548 e. The third-order valence-corrected chi connectivity index (χ3v) is 4.98. The second-order valence-corrected chi connectivity index (χ2v) is 6.93. The van der Waals surface area contributed by atoms with Gasteiger partial charge in [0.25, 0.3) is 5.91 Å². The first-order valence-corrected chi connectivity index (χ1v) is 9.05. The van der Waals surface area contributed by atoms with Crippen molar-refractivity contribution in [3.8, 4) is 5.75 Å². The number of carbonyl (C=O) groups is 2. The Morgan fingerprint density at radius 1 is 1.19 bits per heavy atom. The largest absolute Gasteiger partial charge is 0.548 e. The van der Waals surface area contributed by atoms with Gasteiger partial charge in [-0.2, -0.15) is 0 Å². The number of aliphatic carboxylic acids is 1. The molecule has 0 spiro atoms. The molecule has 7 nitrogen and oxygen atoms in total. The van der Waals surface area contributed by atoms with Crippen LogP contribution in [-0.2, 0) is 22.4 Å². The number of hydrogen-bond donors (Lipinski definition) is 1. The van der Waals surface area contributed by atoms with Crippen molar-refractivity contribution in [2.45, 2.75) is 58.6 Å². The highest BCUT2D eigenvalue weighted by atomic mass is 16.5. The second-order valence-electron chi connectivity index (χ2n) is 6.93. The molecule has 1 amide bonds. The first kappa shape index (κ1) is 18.9. The topological polar surface area (TPSA) is 109 Å². The SMILES string of the molecule is Cc1c(O[C@H](C)C(=O)N[C@@H](C)C(=O)[O-])ccc2c3c(c(=O)oc12)CCCC3. The molecule has 0 fully saturated rings. The fraction of sp³-hybridized carbons (Fsp3) is 0.450. The molecular weight excluding hydrogens is 350 g/mol. The van der Waals surface area contributed by atoms with Crippen LogP contribution < -0.4 is 20.8 Å². The van der Waals surface area contributed by atoms with Crippen LogP contribution in [0.5, 0.6) is 5.75 Å². The van der Waals surface area contributed by atoms with Gasteiger partial charge in [-0.05, 0) is 64.2 Å². The molecule has 1 aromatic carbocycles. The van der Waals surface area contributed by atoms with Crippen molar-refractivity contribution in [1.29, 1.82) is 0 Å². The molecule has 0 aliphatic heterocycles. The predicted molar refractivity (Wildman–Crippen MR) is 96.6 cm³/mol. The normalized spacial score (nSPS) is 15.7. The van der Waals surface area contributed by atoms with E-state index in [1.54, 1.807) is 13.0 Å². The van der Waals surface area contributed by atoms with E-state index in [9.17, 15) is 19.5 Å². The zero-order valence-electron chi connectivity index (χ0n) is 15.6. The molecule has 2 atom stereocenters. The van der Waals surface area contributed by atoms with E-state index in [0.29, 0.717) is 16.9 Å². The number of carboxylic acid groups (broad SMARTS) is 1. The molecule has 1 aliphatic carbocycles. The molecule has 0 unspecified atom stereocenters. The molecule has 3 rings (SSSR count). The van der Waals surface area contributed by atoms with Gasteiger partial charge in [-0.3, -0.25) is 4.79 Å². The van der Waals surface area contributed by atoms with Gasteiger partial charge in [0.15, 0.2) is 6.10 Å². The molecule has 7 heteroatoms. The lowest BCUT2D eigenvalue weighted by Crippen LogP contribution is -2.49. The molecule has 1 aromatic heterocycles. The third kappa shape index (κ3) is 3.67. The Hall–Kier alpha value is -2.83. The standard InChI is InChI=1S/C20H23NO6/c1-10-16(26-12(3)18(22)21-11(2)19(23)24)9-8-14-13-6-4-5-7-15(13)20(25)27-17(10)14/h8-9,11-12H,4-7H2,1-3H3,(H,21,22)(H,23,24)/p-1/t11-,12+/m0/s1. The van der Waals surface area contributed by atoms with Crippen molar-refractivity contribution in [2.75, 3.05) is 0 Å². The number of carboxylic acids is 1. The van der Waals surface area contributed by atoms with Crippen molar-refractivity contribution < 1.29 is 23.8 Å². The van der Waals surface area contributed by atoms with Gasteiger partial charge in [-0.1, -0.05) is 0 Å². The van der Waals surface area contributed by atoms with Gasteiger partial charge in [0.2, 0.25) is 0 Å². The number of amides is 1. The Kier molecular flexibility index (Phi) is 5.21. The maximum absolute atomic E-state index is 12.3. The van der Waals surface area contributed by atoms with E-state index < -0.39 is 24.0 Å². The molecule has 0 radical (unpaired) electrons. The highest BCUT2D eigenvalue weighted by Crippen LogP contribution is 2.32. The van der Waals surface area contributed by atoms with Gasteiger partial charge in [0.05, 0.1) is 12.0 Å². The van der Waals surface area contributed by atoms with Crippen LogP contribution in [0.4, 0.5) is 0 Å². The number of fused-ring (bicyclic) bond motifs is 3. The van der Waals surface area contributed by atoms with E-state index in [-0.39, 0.29) is 5.63 Å². The number of rotatable bonds is 5. The fourth-order valence-corrected chi connectivity index (χ4v) is 3.39. The molecule has 2 aromatic rings. The average Bonchev–Trinajstić information content (AvgIpc) is 2.64. The summed E-state index contributed by atoms with van der Waals surface area (Å²) in [6.07, 6.45) is 2.68. The summed E-state index contributed by atoms with van der Waals surface area (Å²) in [5, 5.41) is 14.0. The lowest BCUT2D eigenvalue weighted by atomic mass is 9.90. The summed E-state index contributed by atoms with van der Waals surface area (Å²) in [6.45, 7) is 4.60. The molecule has 0 saturated heterocycles. The molecular formula is C20H22NO6-. The van der Waals surface area contributed by atoms with E-state index in [0.717, 1.165) is 42.2 Å². The van der Waals surface area contributed by atoms with Crippen LogP contribution in [0.3, 0.4) is 0 Å². The third-order valence-electron chi connectivity index (χ3n) is 4.98. The first-order valence-electron chi connectivity index (χ1n) is 9.05. The zero-order valence-corrected chi connectivity index (χ0v) is 15.6. The average molecular weight is 372 g/mol. The summed E-state index contributed by atoms with van der Waals surface area (Å²) >= 11 is 0. The Morgan fingerprint density at radius 2 is 1.85 bits per heavy atom. The lowest BCUT2D eigenvalue weighted by molar-refractivity contribution is -0.307. The maximum atomic E-state index is 12.3. The quantitative estimate of drug-likeness (QED) is 0.785. The van der Waals surface area contributed by atoms with Crippen LogP contribution in [-0.4, -0.2) is 24.0 Å². The smallest absolute Gasteiger partial charge is 0.339 e. The summed E-state index contributed by atoms with van der Waals surface area (Å²) in [5.41, 5.74) is 2.58. The van der Waals surface area contributed by atoms with Crippen molar-refractivity contribution >= 4 is 22.8 Å². The van der Waals surface area contributed by atoms with Gasteiger partial charge in [0.1, 0.15) is 11.3 Å². The monoisotopic (exact) mass is 372 g/mol. The van der Waals surface area contributed by atoms with E-state index in [1.807, 2.05) is 6.07 Å². The summed E-state index contributed by atoms with van der Waals surface area (Å²) in [4.78, 5) is 35.2. The van der Waals surface area contributed by atoms with Crippen LogP contribution in [0.25, 0.3) is 11.0 Å². The van der Waals surface area contributed by atoms with Gasteiger partial charge in [-0.15, -0.1) is 0 Å².